The Kier molecular flexibility index (Phi) is 5.31. The van der Waals surface area contributed by atoms with Crippen LogP contribution in [-0.4, -0.2) is 68.0 Å². The van der Waals surface area contributed by atoms with Crippen molar-refractivity contribution in [3.63, 3.8) is 0 Å². The van der Waals surface area contributed by atoms with Crippen LogP contribution in [0.3, 0.4) is 0 Å². The molecule has 1 fully saturated rings. The van der Waals surface area contributed by atoms with Crippen LogP contribution in [0.1, 0.15) is 12.8 Å². The number of aliphatic carboxylic acids is 1. The summed E-state index contributed by atoms with van der Waals surface area (Å²) >= 11 is 0. The Morgan fingerprint density at radius 1 is 1.41 bits per heavy atom. The fourth-order valence-corrected chi connectivity index (χ4v) is 2.91. The van der Waals surface area contributed by atoms with Crippen LogP contribution in [-0.2, 0) is 19.7 Å². The standard InChI is InChI=1S/C9H18N2O5S/c1-10(4-2-3-9(12)13)17(14,15)11-5-7-16-8-6-11/h2-8H2,1H3,(H,12,13). The van der Waals surface area contributed by atoms with Gasteiger partial charge in [-0.2, -0.15) is 17.0 Å². The fourth-order valence-electron chi connectivity index (χ4n) is 1.54. The normalized spacial score (nSPS) is 18.5. The predicted molar refractivity (Wildman–Crippen MR) is 60.8 cm³/mol. The molecule has 1 aliphatic heterocycles. The lowest BCUT2D eigenvalue weighted by molar-refractivity contribution is -0.137. The van der Waals surface area contributed by atoms with Crippen LogP contribution in [0.2, 0.25) is 0 Å². The maximum atomic E-state index is 12.0. The van der Waals surface area contributed by atoms with E-state index in [1.54, 1.807) is 0 Å². The number of carbonyl (C=O) groups is 1. The average Bonchev–Trinajstić information content (AvgIpc) is 2.29. The summed E-state index contributed by atoms with van der Waals surface area (Å²) in [5.74, 6) is -0.915. The van der Waals surface area contributed by atoms with E-state index in [1.807, 2.05) is 0 Å². The molecular weight excluding hydrogens is 248 g/mol. The van der Waals surface area contributed by atoms with Crippen molar-refractivity contribution in [2.24, 2.45) is 0 Å². The molecule has 8 heteroatoms. The van der Waals surface area contributed by atoms with E-state index in [0.29, 0.717) is 32.7 Å². The van der Waals surface area contributed by atoms with Crippen LogP contribution in [0.15, 0.2) is 0 Å². The Labute approximate surface area is 101 Å². The van der Waals surface area contributed by atoms with Gasteiger partial charge in [0.2, 0.25) is 0 Å². The zero-order valence-corrected chi connectivity index (χ0v) is 10.6. The van der Waals surface area contributed by atoms with Crippen molar-refractivity contribution in [1.29, 1.82) is 0 Å². The van der Waals surface area contributed by atoms with E-state index in [9.17, 15) is 13.2 Å². The van der Waals surface area contributed by atoms with Crippen molar-refractivity contribution in [3.8, 4) is 0 Å². The van der Waals surface area contributed by atoms with Gasteiger partial charge in [0.1, 0.15) is 0 Å². The maximum absolute atomic E-state index is 12.0. The van der Waals surface area contributed by atoms with Crippen LogP contribution in [0.4, 0.5) is 0 Å². The van der Waals surface area contributed by atoms with E-state index in [1.165, 1.54) is 15.7 Å². The van der Waals surface area contributed by atoms with E-state index in [-0.39, 0.29) is 13.0 Å². The molecule has 0 amide bonds. The van der Waals surface area contributed by atoms with Gasteiger partial charge in [0.15, 0.2) is 0 Å². The van der Waals surface area contributed by atoms with E-state index >= 15 is 0 Å². The highest BCUT2D eigenvalue weighted by atomic mass is 32.2. The third kappa shape index (κ3) is 4.23. The first kappa shape index (κ1) is 14.4. The zero-order chi connectivity index (χ0) is 12.9. The molecule has 0 aromatic heterocycles. The summed E-state index contributed by atoms with van der Waals surface area (Å²) < 4.78 is 31.7. The van der Waals surface area contributed by atoms with Gasteiger partial charge in [0, 0.05) is 33.1 Å². The highest BCUT2D eigenvalue weighted by molar-refractivity contribution is 7.86. The zero-order valence-electron chi connectivity index (χ0n) is 9.83. The van der Waals surface area contributed by atoms with Crippen molar-refractivity contribution in [2.45, 2.75) is 12.8 Å². The van der Waals surface area contributed by atoms with E-state index in [0.717, 1.165) is 0 Å². The summed E-state index contributed by atoms with van der Waals surface area (Å²) in [7, 11) is -2.00. The number of ether oxygens (including phenoxy) is 1. The van der Waals surface area contributed by atoms with Crippen LogP contribution < -0.4 is 0 Å². The van der Waals surface area contributed by atoms with Gasteiger partial charge < -0.3 is 9.84 Å². The van der Waals surface area contributed by atoms with E-state index in [4.69, 9.17) is 9.84 Å². The summed E-state index contributed by atoms with van der Waals surface area (Å²) in [6.07, 6.45) is 0.290. The molecule has 1 rings (SSSR count). The Hall–Kier alpha value is -0.700. The SMILES string of the molecule is CN(CCCC(=O)O)S(=O)(=O)N1CCOCC1. The van der Waals surface area contributed by atoms with Crippen molar-refractivity contribution in [2.75, 3.05) is 39.9 Å². The van der Waals surface area contributed by atoms with Gasteiger partial charge in [0.25, 0.3) is 10.2 Å². The van der Waals surface area contributed by atoms with Gasteiger partial charge >= 0.3 is 5.97 Å². The molecule has 0 spiro atoms. The van der Waals surface area contributed by atoms with Crippen LogP contribution in [0.25, 0.3) is 0 Å². The minimum atomic E-state index is -3.47. The number of carboxylic acid groups (broad SMARTS) is 1. The molecule has 1 aliphatic rings. The lowest BCUT2D eigenvalue weighted by atomic mass is 10.3. The van der Waals surface area contributed by atoms with Gasteiger partial charge in [-0.1, -0.05) is 0 Å². The Morgan fingerprint density at radius 2 is 2.00 bits per heavy atom. The summed E-state index contributed by atoms with van der Waals surface area (Å²) in [5, 5.41) is 8.48. The molecule has 0 atom stereocenters. The van der Waals surface area contributed by atoms with Gasteiger partial charge in [-0.3, -0.25) is 4.79 Å². The molecule has 17 heavy (non-hydrogen) atoms. The predicted octanol–water partition coefficient (Wildman–Crippen LogP) is -0.640. The third-order valence-corrected chi connectivity index (χ3v) is 4.54. The third-order valence-electron chi connectivity index (χ3n) is 2.55. The molecule has 0 bridgehead atoms. The largest absolute Gasteiger partial charge is 0.481 e. The number of nitrogens with zero attached hydrogens (tertiary/aromatic N) is 2. The number of morpholine rings is 1. The van der Waals surface area contributed by atoms with Crippen molar-refractivity contribution in [3.05, 3.63) is 0 Å². The molecule has 1 heterocycles. The monoisotopic (exact) mass is 266 g/mol. The second kappa shape index (κ2) is 6.29. The van der Waals surface area contributed by atoms with E-state index in [2.05, 4.69) is 0 Å². The van der Waals surface area contributed by atoms with Crippen LogP contribution in [0, 0.1) is 0 Å². The molecule has 0 unspecified atom stereocenters. The van der Waals surface area contributed by atoms with Crippen molar-refractivity contribution < 1.29 is 23.1 Å². The van der Waals surface area contributed by atoms with Crippen LogP contribution in [0.5, 0.6) is 0 Å². The number of carboxylic acids is 1. The molecular formula is C9H18N2O5S. The first-order valence-electron chi connectivity index (χ1n) is 5.45. The molecule has 100 valence electrons. The van der Waals surface area contributed by atoms with Gasteiger partial charge in [0.05, 0.1) is 13.2 Å². The quantitative estimate of drug-likeness (QED) is 0.691. The van der Waals surface area contributed by atoms with E-state index < -0.39 is 16.2 Å². The Morgan fingerprint density at radius 3 is 2.53 bits per heavy atom. The first-order chi connectivity index (χ1) is 7.94. The molecule has 1 N–H and O–H groups in total. The number of hydrogen-bond acceptors (Lipinski definition) is 4. The van der Waals surface area contributed by atoms with Gasteiger partial charge in [-0.15, -0.1) is 0 Å². The highest BCUT2D eigenvalue weighted by Crippen LogP contribution is 2.10. The highest BCUT2D eigenvalue weighted by Gasteiger charge is 2.28. The smallest absolute Gasteiger partial charge is 0.303 e. The van der Waals surface area contributed by atoms with Crippen molar-refractivity contribution >= 4 is 16.2 Å². The van der Waals surface area contributed by atoms with Gasteiger partial charge in [-0.25, -0.2) is 0 Å². The minimum absolute atomic E-state index is 0.0248. The topological polar surface area (TPSA) is 87.2 Å². The fraction of sp³-hybridized carbons (Fsp3) is 0.889. The summed E-state index contributed by atoms with van der Waals surface area (Å²) in [6.45, 7) is 1.73. The van der Waals surface area contributed by atoms with Gasteiger partial charge in [-0.05, 0) is 6.42 Å². The summed E-state index contributed by atoms with van der Waals surface area (Å²) in [6, 6.07) is 0. The Balaban J connectivity index is 2.47. The molecule has 0 aromatic rings. The molecule has 1 saturated heterocycles. The second-order valence-corrected chi connectivity index (χ2v) is 5.87. The molecule has 0 aliphatic carbocycles. The molecule has 7 nitrogen and oxygen atoms in total. The van der Waals surface area contributed by atoms with Crippen LogP contribution >= 0.6 is 0 Å². The minimum Gasteiger partial charge on any atom is -0.481 e. The summed E-state index contributed by atoms with van der Waals surface area (Å²) in [4.78, 5) is 10.3. The second-order valence-electron chi connectivity index (χ2n) is 3.84. The average molecular weight is 266 g/mol. The van der Waals surface area contributed by atoms with Crippen molar-refractivity contribution in [1.82, 2.24) is 8.61 Å². The maximum Gasteiger partial charge on any atom is 0.303 e. The molecule has 0 aromatic carbocycles. The Bertz CT molecular complexity index is 350. The summed E-state index contributed by atoms with van der Waals surface area (Å²) in [5.41, 5.74) is 0. The lowest BCUT2D eigenvalue weighted by Crippen LogP contribution is -2.47. The number of rotatable bonds is 6. The lowest BCUT2D eigenvalue weighted by Gasteiger charge is -2.30. The number of hydrogen-bond donors (Lipinski definition) is 1. The molecule has 0 radical (unpaired) electrons. The molecule has 0 saturated carbocycles. The first-order valence-corrected chi connectivity index (χ1v) is 6.85.